The zero-order valence-corrected chi connectivity index (χ0v) is 12.5. The van der Waals surface area contributed by atoms with Crippen LogP contribution >= 0.6 is 0 Å². The van der Waals surface area contributed by atoms with Gasteiger partial charge in [-0.25, -0.2) is 0 Å². The van der Waals surface area contributed by atoms with Gasteiger partial charge in [0.05, 0.1) is 0 Å². The first-order valence-electron chi connectivity index (χ1n) is 7.00. The molecule has 1 fully saturated rings. The maximum absolute atomic E-state index is 12.4. The second kappa shape index (κ2) is 6.53. The number of amides is 1. The normalized spacial score (nSPS) is 22.9. The van der Waals surface area contributed by atoms with E-state index >= 15 is 0 Å². The minimum absolute atomic E-state index is 0.186. The number of hydrogen-bond donors (Lipinski definition) is 2. The van der Waals surface area contributed by atoms with Gasteiger partial charge in [-0.3, -0.25) is 4.79 Å². The molecule has 2 N–H and O–H groups in total. The summed E-state index contributed by atoms with van der Waals surface area (Å²) in [6, 6.07) is 0.198. The molecule has 0 aromatic heterocycles. The number of likely N-dealkylation sites (N-methyl/N-ethyl adjacent to an activating group) is 1. The van der Waals surface area contributed by atoms with E-state index < -0.39 is 0 Å². The minimum Gasteiger partial charge on any atom is -0.352 e. The summed E-state index contributed by atoms with van der Waals surface area (Å²) in [5.74, 6) is 0.628. The lowest BCUT2D eigenvalue weighted by molar-refractivity contribution is -0.133. The standard InChI is InChI=1S/C14H29N3O/c1-11(10-17(4)5)16-13(18)14(2,3)12-7-6-8-15-9-12/h11-12,15H,6-10H2,1-5H3,(H,16,18). The van der Waals surface area contributed by atoms with E-state index in [1.54, 1.807) is 0 Å². The monoisotopic (exact) mass is 255 g/mol. The van der Waals surface area contributed by atoms with Crippen LogP contribution in [0.1, 0.15) is 33.6 Å². The molecule has 0 saturated carbocycles. The highest BCUT2D eigenvalue weighted by atomic mass is 16.2. The molecular formula is C14H29N3O. The van der Waals surface area contributed by atoms with Gasteiger partial charge in [-0.15, -0.1) is 0 Å². The maximum Gasteiger partial charge on any atom is 0.226 e. The minimum atomic E-state index is -0.284. The van der Waals surface area contributed by atoms with Crippen LogP contribution in [0.3, 0.4) is 0 Å². The second-order valence-corrected chi connectivity index (χ2v) is 6.40. The zero-order chi connectivity index (χ0) is 13.8. The number of hydrogen-bond acceptors (Lipinski definition) is 3. The highest BCUT2D eigenvalue weighted by Gasteiger charge is 2.37. The maximum atomic E-state index is 12.4. The third-order valence-corrected chi connectivity index (χ3v) is 3.92. The van der Waals surface area contributed by atoms with Crippen molar-refractivity contribution in [2.75, 3.05) is 33.7 Å². The SMILES string of the molecule is CC(CN(C)C)NC(=O)C(C)(C)C1CCCNC1. The van der Waals surface area contributed by atoms with Crippen molar-refractivity contribution in [2.45, 2.75) is 39.7 Å². The molecular weight excluding hydrogens is 226 g/mol. The number of nitrogens with one attached hydrogen (secondary N) is 2. The molecule has 106 valence electrons. The van der Waals surface area contributed by atoms with Crippen LogP contribution < -0.4 is 10.6 Å². The summed E-state index contributed by atoms with van der Waals surface area (Å²) in [6.45, 7) is 9.14. The Labute approximate surface area is 111 Å². The molecule has 0 spiro atoms. The van der Waals surface area contributed by atoms with Gasteiger partial charge in [0.1, 0.15) is 0 Å². The smallest absolute Gasteiger partial charge is 0.226 e. The van der Waals surface area contributed by atoms with E-state index in [1.165, 1.54) is 6.42 Å². The molecule has 0 bridgehead atoms. The van der Waals surface area contributed by atoms with Gasteiger partial charge in [0.15, 0.2) is 0 Å². The van der Waals surface area contributed by atoms with Crippen molar-refractivity contribution < 1.29 is 4.79 Å². The van der Waals surface area contributed by atoms with Crippen molar-refractivity contribution in [3.8, 4) is 0 Å². The van der Waals surface area contributed by atoms with Crippen LogP contribution in [-0.2, 0) is 4.79 Å². The molecule has 0 aromatic carbocycles. The van der Waals surface area contributed by atoms with Crippen LogP contribution in [-0.4, -0.2) is 50.6 Å². The van der Waals surface area contributed by atoms with Gasteiger partial charge < -0.3 is 15.5 Å². The number of nitrogens with zero attached hydrogens (tertiary/aromatic N) is 1. The lowest BCUT2D eigenvalue weighted by atomic mass is 9.74. The van der Waals surface area contributed by atoms with Crippen molar-refractivity contribution >= 4 is 5.91 Å². The van der Waals surface area contributed by atoms with Crippen LogP contribution in [0.4, 0.5) is 0 Å². The van der Waals surface area contributed by atoms with E-state index in [9.17, 15) is 4.79 Å². The Morgan fingerprint density at radius 3 is 2.67 bits per heavy atom. The fraction of sp³-hybridized carbons (Fsp3) is 0.929. The number of carbonyl (C=O) groups is 1. The molecule has 1 aliphatic heterocycles. The summed E-state index contributed by atoms with van der Waals surface area (Å²) < 4.78 is 0. The summed E-state index contributed by atoms with van der Waals surface area (Å²) in [4.78, 5) is 14.5. The third-order valence-electron chi connectivity index (χ3n) is 3.92. The van der Waals surface area contributed by atoms with E-state index in [4.69, 9.17) is 0 Å². The van der Waals surface area contributed by atoms with Gasteiger partial charge >= 0.3 is 0 Å². The molecule has 1 heterocycles. The van der Waals surface area contributed by atoms with Gasteiger partial charge in [0.2, 0.25) is 5.91 Å². The summed E-state index contributed by atoms with van der Waals surface area (Å²) in [5.41, 5.74) is -0.284. The largest absolute Gasteiger partial charge is 0.352 e. The van der Waals surface area contributed by atoms with E-state index in [0.29, 0.717) is 5.92 Å². The zero-order valence-electron chi connectivity index (χ0n) is 12.5. The molecule has 1 rings (SSSR count). The van der Waals surface area contributed by atoms with Crippen LogP contribution in [0.25, 0.3) is 0 Å². The molecule has 0 aliphatic carbocycles. The van der Waals surface area contributed by atoms with Crippen molar-refractivity contribution in [1.29, 1.82) is 0 Å². The molecule has 0 radical (unpaired) electrons. The van der Waals surface area contributed by atoms with Gasteiger partial charge in [-0.05, 0) is 52.9 Å². The first-order chi connectivity index (χ1) is 8.34. The Balaban J connectivity index is 2.52. The Bertz CT molecular complexity index is 270. The number of piperidine rings is 1. The van der Waals surface area contributed by atoms with E-state index in [1.807, 2.05) is 14.1 Å². The van der Waals surface area contributed by atoms with Crippen LogP contribution in [0.15, 0.2) is 0 Å². The van der Waals surface area contributed by atoms with Crippen molar-refractivity contribution in [3.05, 3.63) is 0 Å². The van der Waals surface area contributed by atoms with Crippen molar-refractivity contribution in [3.63, 3.8) is 0 Å². The third kappa shape index (κ3) is 4.25. The van der Waals surface area contributed by atoms with E-state index in [0.717, 1.165) is 26.1 Å². The van der Waals surface area contributed by atoms with Crippen LogP contribution in [0, 0.1) is 11.3 Å². The summed E-state index contributed by atoms with van der Waals surface area (Å²) in [6.07, 6.45) is 2.32. The molecule has 18 heavy (non-hydrogen) atoms. The Morgan fingerprint density at radius 2 is 2.17 bits per heavy atom. The van der Waals surface area contributed by atoms with E-state index in [2.05, 4.69) is 36.3 Å². The lowest BCUT2D eigenvalue weighted by Crippen LogP contribution is -2.50. The topological polar surface area (TPSA) is 44.4 Å². The van der Waals surface area contributed by atoms with Crippen LogP contribution in [0.2, 0.25) is 0 Å². The number of carbonyl (C=O) groups excluding carboxylic acids is 1. The van der Waals surface area contributed by atoms with Crippen LogP contribution in [0.5, 0.6) is 0 Å². The first-order valence-corrected chi connectivity index (χ1v) is 7.00. The number of rotatable bonds is 5. The Hall–Kier alpha value is -0.610. The molecule has 4 heteroatoms. The molecule has 0 aromatic rings. The highest BCUT2D eigenvalue weighted by Crippen LogP contribution is 2.31. The summed E-state index contributed by atoms with van der Waals surface area (Å²) >= 11 is 0. The Kier molecular flexibility index (Phi) is 5.60. The molecule has 2 unspecified atom stereocenters. The molecule has 1 saturated heterocycles. The lowest BCUT2D eigenvalue weighted by Gasteiger charge is -2.37. The van der Waals surface area contributed by atoms with Gasteiger partial charge in [0, 0.05) is 18.0 Å². The molecule has 1 amide bonds. The predicted octanol–water partition coefficient (Wildman–Crippen LogP) is 1.08. The van der Waals surface area contributed by atoms with E-state index in [-0.39, 0.29) is 17.4 Å². The van der Waals surface area contributed by atoms with Crippen molar-refractivity contribution in [1.82, 2.24) is 15.5 Å². The summed E-state index contributed by atoms with van der Waals surface area (Å²) in [7, 11) is 4.05. The average Bonchev–Trinajstić information content (AvgIpc) is 2.28. The first kappa shape index (κ1) is 15.4. The quantitative estimate of drug-likeness (QED) is 0.772. The van der Waals surface area contributed by atoms with Gasteiger partial charge in [-0.2, -0.15) is 0 Å². The average molecular weight is 255 g/mol. The predicted molar refractivity (Wildman–Crippen MR) is 75.5 cm³/mol. The molecule has 2 atom stereocenters. The van der Waals surface area contributed by atoms with Crippen molar-refractivity contribution in [2.24, 2.45) is 11.3 Å². The summed E-state index contributed by atoms with van der Waals surface area (Å²) in [5, 5.41) is 6.53. The second-order valence-electron chi connectivity index (χ2n) is 6.40. The Morgan fingerprint density at radius 1 is 1.50 bits per heavy atom. The fourth-order valence-electron chi connectivity index (χ4n) is 2.66. The van der Waals surface area contributed by atoms with Gasteiger partial charge in [0.25, 0.3) is 0 Å². The fourth-order valence-corrected chi connectivity index (χ4v) is 2.66. The van der Waals surface area contributed by atoms with Gasteiger partial charge in [-0.1, -0.05) is 13.8 Å². The molecule has 1 aliphatic rings. The molecule has 4 nitrogen and oxygen atoms in total. The highest BCUT2D eigenvalue weighted by molar-refractivity contribution is 5.82.